The molecule has 0 bridgehead atoms. The largest absolute Gasteiger partial charge is 0.469 e. The van der Waals surface area contributed by atoms with Crippen molar-refractivity contribution in [2.75, 3.05) is 0 Å². The van der Waals surface area contributed by atoms with Crippen molar-refractivity contribution in [2.45, 2.75) is 44.1 Å². The summed E-state index contributed by atoms with van der Waals surface area (Å²) >= 11 is 1.50. The molecule has 0 saturated heterocycles. The maximum atomic E-state index is 5.63. The van der Waals surface area contributed by atoms with E-state index in [1.807, 2.05) is 37.5 Å². The molecule has 0 radical (unpaired) electrons. The maximum Gasteiger partial charge on any atom is 0.226 e. The normalized spacial score (nSPS) is 11.3. The molecule has 3 aromatic rings. The Morgan fingerprint density at radius 3 is 2.75 bits per heavy atom. The number of hydrogen-bond donors (Lipinski definition) is 0. The van der Waals surface area contributed by atoms with Crippen molar-refractivity contribution in [3.8, 4) is 11.4 Å². The number of nitrogens with zero attached hydrogens (tertiary/aromatic N) is 5. The predicted octanol–water partition coefficient (Wildman–Crippen LogP) is 3.83. The minimum atomic E-state index is 0.219. The van der Waals surface area contributed by atoms with Crippen LogP contribution in [-0.4, -0.2) is 25.0 Å². The summed E-state index contributed by atoms with van der Waals surface area (Å²) in [6, 6.07) is 1.89. The lowest BCUT2D eigenvalue weighted by Crippen LogP contribution is -2.00. The molecule has 3 heterocycles. The molecule has 3 aromatic heterocycles. The highest BCUT2D eigenvalue weighted by Gasteiger charge is 2.18. The van der Waals surface area contributed by atoms with E-state index in [2.05, 4.69) is 27.0 Å². The van der Waals surface area contributed by atoms with Crippen molar-refractivity contribution in [2.24, 2.45) is 0 Å². The molecule has 126 valence electrons. The Kier molecular flexibility index (Phi) is 4.84. The van der Waals surface area contributed by atoms with Gasteiger partial charge in [0.1, 0.15) is 5.76 Å². The van der Waals surface area contributed by atoms with Gasteiger partial charge in [-0.05, 0) is 13.0 Å². The van der Waals surface area contributed by atoms with E-state index in [1.54, 1.807) is 6.26 Å². The second-order valence-electron chi connectivity index (χ2n) is 5.57. The first kappa shape index (κ1) is 16.5. The molecule has 0 amide bonds. The highest BCUT2D eigenvalue weighted by atomic mass is 32.2. The molecule has 0 saturated carbocycles. The third-order valence-electron chi connectivity index (χ3n) is 3.43. The molecule has 0 N–H and O–H groups in total. The zero-order chi connectivity index (χ0) is 17.1. The molecule has 7 nitrogen and oxygen atoms in total. The van der Waals surface area contributed by atoms with Crippen LogP contribution in [0.1, 0.15) is 37.3 Å². The zero-order valence-electron chi connectivity index (χ0n) is 13.9. The topological polar surface area (TPSA) is 82.8 Å². The fourth-order valence-corrected chi connectivity index (χ4v) is 2.97. The van der Waals surface area contributed by atoms with Gasteiger partial charge < -0.3 is 8.83 Å². The molecule has 0 aliphatic carbocycles. The van der Waals surface area contributed by atoms with Crippen LogP contribution in [0.15, 0.2) is 39.0 Å². The minimum Gasteiger partial charge on any atom is -0.469 e. The number of allylic oxidation sites excluding steroid dienone is 1. The Labute approximate surface area is 144 Å². The Morgan fingerprint density at radius 2 is 2.12 bits per heavy atom. The van der Waals surface area contributed by atoms with Crippen LogP contribution in [0, 0.1) is 6.92 Å². The van der Waals surface area contributed by atoms with E-state index >= 15 is 0 Å². The van der Waals surface area contributed by atoms with E-state index in [9.17, 15) is 0 Å². The van der Waals surface area contributed by atoms with Crippen molar-refractivity contribution in [3.05, 3.63) is 42.5 Å². The second-order valence-corrected chi connectivity index (χ2v) is 6.52. The Bertz CT molecular complexity index is 833. The van der Waals surface area contributed by atoms with Gasteiger partial charge in [-0.1, -0.05) is 31.7 Å². The highest BCUT2D eigenvalue weighted by Crippen LogP contribution is 2.28. The molecule has 0 unspecified atom stereocenters. The number of rotatable bonds is 7. The molecule has 3 rings (SSSR count). The van der Waals surface area contributed by atoms with Gasteiger partial charge in [-0.15, -0.1) is 27.0 Å². The van der Waals surface area contributed by atoms with E-state index in [0.717, 1.165) is 22.3 Å². The van der Waals surface area contributed by atoms with Gasteiger partial charge in [0.15, 0.2) is 11.0 Å². The average Bonchev–Trinajstić information content (AvgIpc) is 3.25. The summed E-state index contributed by atoms with van der Waals surface area (Å²) in [5.74, 6) is 3.56. The van der Waals surface area contributed by atoms with E-state index in [4.69, 9.17) is 8.83 Å². The van der Waals surface area contributed by atoms with Crippen molar-refractivity contribution in [1.82, 2.24) is 25.0 Å². The highest BCUT2D eigenvalue weighted by molar-refractivity contribution is 7.98. The first-order chi connectivity index (χ1) is 11.6. The van der Waals surface area contributed by atoms with E-state index < -0.39 is 0 Å². The quantitative estimate of drug-likeness (QED) is 0.475. The fourth-order valence-electron chi connectivity index (χ4n) is 2.19. The summed E-state index contributed by atoms with van der Waals surface area (Å²) in [7, 11) is 0. The monoisotopic (exact) mass is 345 g/mol. The van der Waals surface area contributed by atoms with E-state index in [1.165, 1.54) is 11.8 Å². The minimum absolute atomic E-state index is 0.219. The molecule has 0 spiro atoms. The first-order valence-corrected chi connectivity index (χ1v) is 8.62. The molecule has 8 heteroatoms. The molecular weight excluding hydrogens is 326 g/mol. The molecule has 24 heavy (non-hydrogen) atoms. The van der Waals surface area contributed by atoms with Gasteiger partial charge in [0.25, 0.3) is 0 Å². The van der Waals surface area contributed by atoms with Gasteiger partial charge in [0.05, 0.1) is 17.6 Å². The Morgan fingerprint density at radius 1 is 1.29 bits per heavy atom. The molecule has 0 aliphatic rings. The first-order valence-electron chi connectivity index (χ1n) is 7.63. The van der Waals surface area contributed by atoms with Crippen LogP contribution >= 0.6 is 11.8 Å². The van der Waals surface area contributed by atoms with E-state index in [-0.39, 0.29) is 5.92 Å². The van der Waals surface area contributed by atoms with E-state index in [0.29, 0.717) is 24.1 Å². The number of aryl methyl sites for hydroxylation is 1. The van der Waals surface area contributed by atoms with Crippen LogP contribution in [0.3, 0.4) is 0 Å². The van der Waals surface area contributed by atoms with Crippen molar-refractivity contribution >= 4 is 11.8 Å². The predicted molar refractivity (Wildman–Crippen MR) is 90.6 cm³/mol. The summed E-state index contributed by atoms with van der Waals surface area (Å²) in [6.45, 7) is 10.4. The molecule has 0 aliphatic heterocycles. The summed E-state index contributed by atoms with van der Waals surface area (Å²) in [4.78, 5) is 0. The van der Waals surface area contributed by atoms with Crippen LogP contribution in [0.5, 0.6) is 0 Å². The lowest BCUT2D eigenvalue weighted by molar-refractivity contribution is 0.445. The van der Waals surface area contributed by atoms with Gasteiger partial charge in [-0.25, -0.2) is 0 Å². The Balaban J connectivity index is 1.81. The van der Waals surface area contributed by atoms with Gasteiger partial charge >= 0.3 is 0 Å². The van der Waals surface area contributed by atoms with Crippen LogP contribution in [0.25, 0.3) is 11.4 Å². The molecule has 0 aromatic carbocycles. The van der Waals surface area contributed by atoms with Gasteiger partial charge in [0.2, 0.25) is 11.8 Å². The maximum absolute atomic E-state index is 5.63. The van der Waals surface area contributed by atoms with Crippen LogP contribution in [0.2, 0.25) is 0 Å². The standard InChI is InChI=1S/C16H19N5O2S/c1-5-7-21-14(12-6-8-22-11(12)4)18-20-16(21)24-9-13-17-19-15(23-13)10(2)3/h5-6,8,10H,1,7,9H2,2-4H3. The van der Waals surface area contributed by atoms with Gasteiger partial charge in [-0.2, -0.15) is 0 Å². The van der Waals surface area contributed by atoms with Crippen LogP contribution < -0.4 is 0 Å². The third-order valence-corrected chi connectivity index (χ3v) is 4.38. The lowest BCUT2D eigenvalue weighted by atomic mass is 10.2. The SMILES string of the molecule is C=CCn1c(SCc2nnc(C(C)C)o2)nnc1-c1ccoc1C. The summed E-state index contributed by atoms with van der Waals surface area (Å²) in [6.07, 6.45) is 3.46. The average molecular weight is 345 g/mol. The number of aromatic nitrogens is 5. The number of thioether (sulfide) groups is 1. The number of hydrogen-bond acceptors (Lipinski definition) is 7. The van der Waals surface area contributed by atoms with Crippen LogP contribution in [0.4, 0.5) is 0 Å². The summed E-state index contributed by atoms with van der Waals surface area (Å²) in [5.41, 5.74) is 0.927. The van der Waals surface area contributed by atoms with Crippen molar-refractivity contribution in [1.29, 1.82) is 0 Å². The molecular formula is C16H19N5O2S. The molecule has 0 fully saturated rings. The van der Waals surface area contributed by atoms with Gasteiger partial charge in [-0.3, -0.25) is 4.57 Å². The smallest absolute Gasteiger partial charge is 0.226 e. The third kappa shape index (κ3) is 3.28. The second kappa shape index (κ2) is 7.04. The van der Waals surface area contributed by atoms with Crippen molar-refractivity contribution < 1.29 is 8.83 Å². The Hall–Kier alpha value is -2.35. The van der Waals surface area contributed by atoms with Crippen LogP contribution in [-0.2, 0) is 12.3 Å². The lowest BCUT2D eigenvalue weighted by Gasteiger charge is -2.06. The molecule has 0 atom stereocenters. The zero-order valence-corrected chi connectivity index (χ0v) is 14.7. The van der Waals surface area contributed by atoms with Crippen molar-refractivity contribution in [3.63, 3.8) is 0 Å². The summed E-state index contributed by atoms with van der Waals surface area (Å²) < 4.78 is 13.0. The number of furan rings is 1. The summed E-state index contributed by atoms with van der Waals surface area (Å²) in [5, 5.41) is 17.5. The van der Waals surface area contributed by atoms with Gasteiger partial charge in [0, 0.05) is 12.5 Å². The fraction of sp³-hybridized carbons (Fsp3) is 0.375.